The fraction of sp³-hybridized carbons (Fsp3) is 0.938. The molecule has 4 fully saturated rings. The van der Waals surface area contributed by atoms with E-state index in [1.165, 1.54) is 0 Å². The molecule has 4 rings (SSSR count). The first-order valence-electron chi connectivity index (χ1n) is 8.96. The minimum atomic E-state index is -4.05. The highest BCUT2D eigenvalue weighted by Crippen LogP contribution is 2.37. The monoisotopic (exact) mass is 347 g/mol. The molecule has 0 spiro atoms. The molecule has 24 heavy (non-hydrogen) atoms. The molecule has 1 saturated carbocycles. The van der Waals surface area contributed by atoms with Crippen LogP contribution in [0, 0.1) is 5.92 Å². The van der Waals surface area contributed by atoms with Gasteiger partial charge in [0.1, 0.15) is 0 Å². The van der Waals surface area contributed by atoms with Gasteiger partial charge in [0.05, 0.1) is 5.92 Å². The Morgan fingerprint density at radius 2 is 1.75 bits per heavy atom. The van der Waals surface area contributed by atoms with E-state index in [2.05, 4.69) is 25.4 Å². The van der Waals surface area contributed by atoms with Crippen LogP contribution in [0.4, 0.5) is 13.2 Å². The molecule has 2 N–H and O–H groups in total. The number of rotatable bonds is 3. The van der Waals surface area contributed by atoms with E-state index in [0.29, 0.717) is 24.8 Å². The van der Waals surface area contributed by atoms with E-state index in [4.69, 9.17) is 0 Å². The molecule has 5 nitrogen and oxygen atoms in total. The van der Waals surface area contributed by atoms with Crippen LogP contribution in [0.15, 0.2) is 4.99 Å². The van der Waals surface area contributed by atoms with Gasteiger partial charge in [-0.3, -0.25) is 14.8 Å². The van der Waals surface area contributed by atoms with E-state index in [0.717, 1.165) is 39.3 Å². The summed E-state index contributed by atoms with van der Waals surface area (Å²) in [6, 6.07) is 0.577. The normalized spacial score (nSPS) is 37.3. The van der Waals surface area contributed by atoms with Crippen molar-refractivity contribution in [2.45, 2.75) is 43.9 Å². The molecule has 8 heteroatoms. The van der Waals surface area contributed by atoms with E-state index < -0.39 is 12.1 Å². The molecular weight excluding hydrogens is 319 g/mol. The third-order valence-electron chi connectivity index (χ3n) is 5.65. The molecule has 1 atom stereocenters. The number of guanidine groups is 1. The van der Waals surface area contributed by atoms with Gasteiger partial charge in [-0.05, 0) is 25.7 Å². The van der Waals surface area contributed by atoms with Gasteiger partial charge in [-0.2, -0.15) is 13.2 Å². The smallest absolute Gasteiger partial charge is 0.355 e. The highest BCUT2D eigenvalue weighted by Gasteiger charge is 2.41. The molecule has 0 radical (unpaired) electrons. The minimum Gasteiger partial charge on any atom is -0.355 e. The number of piperazine rings is 3. The first kappa shape index (κ1) is 17.8. The quantitative estimate of drug-likeness (QED) is 0.596. The fourth-order valence-corrected chi connectivity index (χ4v) is 4.09. The summed E-state index contributed by atoms with van der Waals surface area (Å²) in [6.45, 7) is 6.48. The zero-order valence-corrected chi connectivity index (χ0v) is 14.3. The van der Waals surface area contributed by atoms with E-state index in [1.807, 2.05) is 0 Å². The molecule has 2 bridgehead atoms. The molecule has 0 aromatic heterocycles. The van der Waals surface area contributed by atoms with E-state index in [1.54, 1.807) is 7.05 Å². The Morgan fingerprint density at radius 1 is 1.08 bits per heavy atom. The van der Waals surface area contributed by atoms with Crippen LogP contribution in [-0.4, -0.2) is 80.3 Å². The second-order valence-electron chi connectivity index (χ2n) is 7.18. The molecule has 3 heterocycles. The summed E-state index contributed by atoms with van der Waals surface area (Å²) in [5, 5.41) is 6.66. The number of fused-ring (bicyclic) bond motifs is 3. The molecular formula is C16H28F3N5. The lowest BCUT2D eigenvalue weighted by Crippen LogP contribution is -2.64. The van der Waals surface area contributed by atoms with Crippen LogP contribution in [0.5, 0.6) is 0 Å². The van der Waals surface area contributed by atoms with Crippen LogP contribution < -0.4 is 10.6 Å². The van der Waals surface area contributed by atoms with Crippen molar-refractivity contribution in [3.63, 3.8) is 0 Å². The Kier molecular flexibility index (Phi) is 5.54. The van der Waals surface area contributed by atoms with Gasteiger partial charge in [-0.1, -0.05) is 0 Å². The summed E-state index contributed by atoms with van der Waals surface area (Å²) >= 11 is 0. The van der Waals surface area contributed by atoms with Crippen LogP contribution in [0.2, 0.25) is 0 Å². The number of hydrogen-bond donors (Lipinski definition) is 2. The van der Waals surface area contributed by atoms with Crippen molar-refractivity contribution in [1.29, 1.82) is 0 Å². The van der Waals surface area contributed by atoms with Crippen LogP contribution in [0.1, 0.15) is 25.7 Å². The van der Waals surface area contributed by atoms with Crippen molar-refractivity contribution in [1.82, 2.24) is 20.4 Å². The largest absolute Gasteiger partial charge is 0.391 e. The Hall–Kier alpha value is -1.02. The number of halogens is 3. The van der Waals surface area contributed by atoms with Crippen molar-refractivity contribution < 1.29 is 13.2 Å². The third kappa shape index (κ3) is 4.33. The van der Waals surface area contributed by atoms with E-state index in [-0.39, 0.29) is 18.9 Å². The van der Waals surface area contributed by atoms with E-state index in [9.17, 15) is 13.2 Å². The van der Waals surface area contributed by atoms with Gasteiger partial charge in [0, 0.05) is 58.4 Å². The van der Waals surface area contributed by atoms with Crippen LogP contribution in [-0.2, 0) is 0 Å². The maximum atomic E-state index is 12.7. The van der Waals surface area contributed by atoms with Crippen LogP contribution in [0.25, 0.3) is 0 Å². The first-order chi connectivity index (χ1) is 11.5. The minimum absolute atomic E-state index is 0.0849. The Bertz CT molecular complexity index is 437. The zero-order chi connectivity index (χ0) is 17.2. The van der Waals surface area contributed by atoms with Crippen LogP contribution >= 0.6 is 0 Å². The zero-order valence-electron chi connectivity index (χ0n) is 14.3. The highest BCUT2D eigenvalue weighted by molar-refractivity contribution is 5.80. The Balaban J connectivity index is 1.41. The van der Waals surface area contributed by atoms with Gasteiger partial charge in [0.25, 0.3) is 0 Å². The third-order valence-corrected chi connectivity index (χ3v) is 5.65. The van der Waals surface area contributed by atoms with Gasteiger partial charge in [0.15, 0.2) is 5.96 Å². The predicted molar refractivity (Wildman–Crippen MR) is 88.1 cm³/mol. The number of hydrogen-bond acceptors (Lipinski definition) is 3. The SMILES string of the molecule is CN=C(NCC1CN2CCN1CC2)NC1CCC(C(F)(F)F)CC1. The molecule has 0 aromatic carbocycles. The van der Waals surface area contributed by atoms with Gasteiger partial charge in [-0.15, -0.1) is 0 Å². The molecule has 3 aliphatic heterocycles. The lowest BCUT2D eigenvalue weighted by Gasteiger charge is -2.47. The van der Waals surface area contributed by atoms with Crippen LogP contribution in [0.3, 0.4) is 0 Å². The summed E-state index contributed by atoms with van der Waals surface area (Å²) in [5.41, 5.74) is 0. The molecule has 138 valence electrons. The predicted octanol–water partition coefficient (Wildman–Crippen LogP) is 1.27. The lowest BCUT2D eigenvalue weighted by molar-refractivity contribution is -0.182. The van der Waals surface area contributed by atoms with Gasteiger partial charge in [0.2, 0.25) is 0 Å². The molecule has 0 aromatic rings. The second kappa shape index (κ2) is 7.47. The Morgan fingerprint density at radius 3 is 2.25 bits per heavy atom. The van der Waals surface area contributed by atoms with Gasteiger partial charge < -0.3 is 10.6 Å². The standard InChI is InChI=1S/C16H28F3N5/c1-20-15(21-10-14-11-23-6-8-24(14)9-7-23)22-13-4-2-12(3-5-13)16(17,18)19/h12-14H,2-11H2,1H3,(H2,20,21,22). The number of nitrogens with one attached hydrogen (secondary N) is 2. The molecule has 3 saturated heterocycles. The second-order valence-corrected chi connectivity index (χ2v) is 7.18. The molecule has 4 aliphatic rings. The summed E-state index contributed by atoms with van der Waals surface area (Å²) in [6.07, 6.45) is -2.52. The number of aliphatic imine (C=N–C) groups is 1. The van der Waals surface area contributed by atoms with E-state index >= 15 is 0 Å². The highest BCUT2D eigenvalue weighted by atomic mass is 19.4. The Labute approximate surface area is 141 Å². The summed E-state index contributed by atoms with van der Waals surface area (Å²) in [7, 11) is 1.72. The van der Waals surface area contributed by atoms with Crippen molar-refractivity contribution in [2.75, 3.05) is 46.3 Å². The number of alkyl halides is 3. The topological polar surface area (TPSA) is 42.9 Å². The van der Waals surface area contributed by atoms with Crippen molar-refractivity contribution in [3.8, 4) is 0 Å². The summed E-state index contributed by atoms with van der Waals surface area (Å²) in [4.78, 5) is 9.23. The molecule has 0 amide bonds. The number of nitrogens with zero attached hydrogens (tertiary/aromatic N) is 3. The maximum absolute atomic E-state index is 12.7. The molecule has 1 aliphatic carbocycles. The first-order valence-corrected chi connectivity index (χ1v) is 8.96. The molecule has 1 unspecified atom stereocenters. The van der Waals surface area contributed by atoms with Gasteiger partial charge in [-0.25, -0.2) is 0 Å². The average Bonchev–Trinajstić information content (AvgIpc) is 2.59. The summed E-state index contributed by atoms with van der Waals surface area (Å²) < 4.78 is 38.2. The maximum Gasteiger partial charge on any atom is 0.391 e. The van der Waals surface area contributed by atoms with Crippen molar-refractivity contribution in [3.05, 3.63) is 0 Å². The fourth-order valence-electron chi connectivity index (χ4n) is 4.09. The van der Waals surface area contributed by atoms with Gasteiger partial charge >= 0.3 is 6.18 Å². The summed E-state index contributed by atoms with van der Waals surface area (Å²) in [5.74, 6) is -0.423. The lowest BCUT2D eigenvalue weighted by atomic mass is 9.85. The van der Waals surface area contributed by atoms with Crippen molar-refractivity contribution in [2.24, 2.45) is 10.9 Å². The average molecular weight is 347 g/mol. The van der Waals surface area contributed by atoms with Crippen molar-refractivity contribution >= 4 is 5.96 Å².